The molecule has 8 heteroatoms. The van der Waals surface area contributed by atoms with Crippen molar-refractivity contribution in [3.05, 3.63) is 11.5 Å². The molecule has 18 heavy (non-hydrogen) atoms. The predicted octanol–water partition coefficient (Wildman–Crippen LogP) is 0.435. The third-order valence-corrected chi connectivity index (χ3v) is 4.79. The fraction of sp³-hybridized carbons (Fsp3) is 0.600. The van der Waals surface area contributed by atoms with Gasteiger partial charge in [-0.25, -0.2) is 13.1 Å². The molecule has 0 saturated heterocycles. The van der Waals surface area contributed by atoms with Gasteiger partial charge in [-0.2, -0.15) is 0 Å². The highest BCUT2D eigenvalue weighted by molar-refractivity contribution is 7.89. The van der Waals surface area contributed by atoms with Crippen LogP contribution in [-0.2, 0) is 14.8 Å². The standard InChI is InChI=1S/C10H14N2O5S/c1-6-8(7(2)17-12-6)18(15,16)11-5-10(3-4-10)9(13)14/h11H,3-5H2,1-2H3,(H,13,14). The summed E-state index contributed by atoms with van der Waals surface area (Å²) in [6.07, 6.45) is 0.985. The highest BCUT2D eigenvalue weighted by atomic mass is 32.2. The molecular weight excluding hydrogens is 260 g/mol. The van der Waals surface area contributed by atoms with Gasteiger partial charge in [-0.3, -0.25) is 4.79 Å². The van der Waals surface area contributed by atoms with E-state index >= 15 is 0 Å². The molecule has 100 valence electrons. The number of carbonyl (C=O) groups is 1. The first-order valence-electron chi connectivity index (χ1n) is 5.44. The summed E-state index contributed by atoms with van der Waals surface area (Å²) in [5, 5.41) is 12.5. The summed E-state index contributed by atoms with van der Waals surface area (Å²) < 4.78 is 31.2. The number of carboxylic acids is 1. The SMILES string of the molecule is Cc1noc(C)c1S(=O)(=O)NCC1(C(=O)O)CC1. The van der Waals surface area contributed by atoms with Gasteiger partial charge in [0.25, 0.3) is 0 Å². The van der Waals surface area contributed by atoms with Crippen LogP contribution in [0.5, 0.6) is 0 Å². The number of hydrogen-bond acceptors (Lipinski definition) is 5. The number of rotatable bonds is 5. The quantitative estimate of drug-likeness (QED) is 0.806. The summed E-state index contributed by atoms with van der Waals surface area (Å²) in [5.74, 6) is -0.774. The van der Waals surface area contributed by atoms with Crippen LogP contribution in [0.4, 0.5) is 0 Å². The van der Waals surface area contributed by atoms with E-state index in [0.717, 1.165) is 0 Å². The van der Waals surface area contributed by atoms with E-state index in [1.165, 1.54) is 13.8 Å². The maximum absolute atomic E-state index is 12.0. The first-order valence-corrected chi connectivity index (χ1v) is 6.93. The van der Waals surface area contributed by atoms with Crippen molar-refractivity contribution in [2.75, 3.05) is 6.54 Å². The van der Waals surface area contributed by atoms with Crippen molar-refractivity contribution in [3.8, 4) is 0 Å². The molecule has 0 aliphatic heterocycles. The third kappa shape index (κ3) is 2.13. The zero-order chi connectivity index (χ0) is 13.6. The second-order valence-electron chi connectivity index (χ2n) is 4.56. The monoisotopic (exact) mass is 274 g/mol. The van der Waals surface area contributed by atoms with Crippen molar-refractivity contribution in [2.24, 2.45) is 5.41 Å². The number of aliphatic carboxylic acids is 1. The highest BCUT2D eigenvalue weighted by Crippen LogP contribution is 2.45. The number of aryl methyl sites for hydroxylation is 2. The lowest BCUT2D eigenvalue weighted by atomic mass is 10.1. The van der Waals surface area contributed by atoms with Crippen LogP contribution in [-0.4, -0.2) is 31.2 Å². The fourth-order valence-electron chi connectivity index (χ4n) is 1.78. The molecule has 1 aliphatic carbocycles. The summed E-state index contributed by atoms with van der Waals surface area (Å²) in [6, 6.07) is 0. The topological polar surface area (TPSA) is 110 Å². The van der Waals surface area contributed by atoms with Crippen molar-refractivity contribution < 1.29 is 22.8 Å². The molecular formula is C10H14N2O5S. The van der Waals surface area contributed by atoms with Crippen molar-refractivity contribution >= 4 is 16.0 Å². The lowest BCUT2D eigenvalue weighted by Gasteiger charge is -2.11. The average molecular weight is 274 g/mol. The highest BCUT2D eigenvalue weighted by Gasteiger charge is 2.50. The Hall–Kier alpha value is -1.41. The van der Waals surface area contributed by atoms with Gasteiger partial charge in [0.1, 0.15) is 10.6 Å². The Balaban J connectivity index is 2.17. The van der Waals surface area contributed by atoms with E-state index in [9.17, 15) is 13.2 Å². The van der Waals surface area contributed by atoms with E-state index < -0.39 is 21.4 Å². The van der Waals surface area contributed by atoms with Gasteiger partial charge in [0.05, 0.1) is 5.41 Å². The van der Waals surface area contributed by atoms with E-state index in [1.54, 1.807) is 0 Å². The molecule has 0 unspecified atom stereocenters. The molecule has 1 saturated carbocycles. The minimum atomic E-state index is -3.77. The van der Waals surface area contributed by atoms with Crippen LogP contribution >= 0.6 is 0 Å². The van der Waals surface area contributed by atoms with Gasteiger partial charge in [-0.1, -0.05) is 5.16 Å². The average Bonchev–Trinajstić information content (AvgIpc) is 2.98. The van der Waals surface area contributed by atoms with Crippen molar-refractivity contribution in [2.45, 2.75) is 31.6 Å². The fourth-order valence-corrected chi connectivity index (χ4v) is 3.23. The minimum Gasteiger partial charge on any atom is -0.481 e. The molecule has 1 aromatic rings. The normalized spacial score (nSPS) is 17.7. The van der Waals surface area contributed by atoms with Gasteiger partial charge in [0.2, 0.25) is 10.0 Å². The van der Waals surface area contributed by atoms with Crippen molar-refractivity contribution in [1.82, 2.24) is 9.88 Å². The molecule has 0 amide bonds. The second kappa shape index (κ2) is 4.06. The van der Waals surface area contributed by atoms with Gasteiger partial charge in [0.15, 0.2) is 5.76 Å². The molecule has 2 N–H and O–H groups in total. The predicted molar refractivity (Wildman–Crippen MR) is 60.5 cm³/mol. The van der Waals surface area contributed by atoms with Crippen LogP contribution in [0.25, 0.3) is 0 Å². The maximum Gasteiger partial charge on any atom is 0.310 e. The van der Waals surface area contributed by atoms with Crippen LogP contribution in [0.2, 0.25) is 0 Å². The Labute approximate surface area is 104 Å². The van der Waals surface area contributed by atoms with E-state index in [-0.39, 0.29) is 22.9 Å². The van der Waals surface area contributed by atoms with Crippen LogP contribution in [0.15, 0.2) is 9.42 Å². The van der Waals surface area contributed by atoms with E-state index in [2.05, 4.69) is 9.88 Å². The summed E-state index contributed by atoms with van der Waals surface area (Å²) in [5.41, 5.74) is -0.674. The largest absolute Gasteiger partial charge is 0.481 e. The van der Waals surface area contributed by atoms with Crippen LogP contribution in [0.1, 0.15) is 24.3 Å². The summed E-state index contributed by atoms with van der Waals surface area (Å²) in [4.78, 5) is 10.9. The number of nitrogens with one attached hydrogen (secondary N) is 1. The van der Waals surface area contributed by atoms with Gasteiger partial charge in [-0.05, 0) is 26.7 Å². The molecule has 1 aliphatic rings. The first kappa shape index (κ1) is 13.0. The van der Waals surface area contributed by atoms with Gasteiger partial charge >= 0.3 is 5.97 Å². The van der Waals surface area contributed by atoms with E-state index in [0.29, 0.717) is 12.8 Å². The molecule has 7 nitrogen and oxygen atoms in total. The number of aromatic nitrogens is 1. The van der Waals surface area contributed by atoms with E-state index in [1.807, 2.05) is 0 Å². The number of nitrogens with zero attached hydrogens (tertiary/aromatic N) is 1. The second-order valence-corrected chi connectivity index (χ2v) is 6.27. The number of hydrogen-bond donors (Lipinski definition) is 2. The zero-order valence-electron chi connectivity index (χ0n) is 10.1. The molecule has 2 rings (SSSR count). The Morgan fingerprint density at radius 3 is 2.50 bits per heavy atom. The van der Waals surface area contributed by atoms with Crippen LogP contribution < -0.4 is 4.72 Å². The third-order valence-electron chi connectivity index (χ3n) is 3.14. The lowest BCUT2D eigenvalue weighted by molar-refractivity contribution is -0.143. The minimum absolute atomic E-state index is 0.0105. The summed E-state index contributed by atoms with van der Waals surface area (Å²) >= 11 is 0. The Bertz CT molecular complexity index is 566. The van der Waals surface area contributed by atoms with Gasteiger partial charge < -0.3 is 9.63 Å². The van der Waals surface area contributed by atoms with Crippen molar-refractivity contribution in [1.29, 1.82) is 0 Å². The van der Waals surface area contributed by atoms with Gasteiger partial charge in [-0.15, -0.1) is 0 Å². The maximum atomic E-state index is 12.0. The lowest BCUT2D eigenvalue weighted by Crippen LogP contribution is -2.34. The van der Waals surface area contributed by atoms with Crippen LogP contribution in [0, 0.1) is 19.3 Å². The zero-order valence-corrected chi connectivity index (χ0v) is 10.9. The molecule has 1 fully saturated rings. The van der Waals surface area contributed by atoms with E-state index in [4.69, 9.17) is 9.63 Å². The Morgan fingerprint density at radius 2 is 2.11 bits per heavy atom. The Morgan fingerprint density at radius 1 is 1.50 bits per heavy atom. The molecule has 1 heterocycles. The first-order chi connectivity index (χ1) is 8.28. The molecule has 0 spiro atoms. The summed E-state index contributed by atoms with van der Waals surface area (Å²) in [7, 11) is -3.77. The molecule has 1 aromatic heterocycles. The molecule has 0 aromatic carbocycles. The number of sulfonamides is 1. The smallest absolute Gasteiger partial charge is 0.310 e. The molecule has 0 bridgehead atoms. The Kier molecular flexibility index (Phi) is 2.94. The van der Waals surface area contributed by atoms with Crippen molar-refractivity contribution in [3.63, 3.8) is 0 Å². The molecule has 0 atom stereocenters. The van der Waals surface area contributed by atoms with Crippen LogP contribution in [0.3, 0.4) is 0 Å². The number of carboxylic acid groups (broad SMARTS) is 1. The van der Waals surface area contributed by atoms with Gasteiger partial charge in [0, 0.05) is 6.54 Å². The summed E-state index contributed by atoms with van der Waals surface area (Å²) in [6.45, 7) is 2.92. The molecule has 0 radical (unpaired) electrons.